The summed E-state index contributed by atoms with van der Waals surface area (Å²) < 4.78 is 4.95. The maximum atomic E-state index is 5.38. The number of anilines is 1. The first-order valence-corrected chi connectivity index (χ1v) is 5.26. The van der Waals surface area contributed by atoms with E-state index >= 15 is 0 Å². The second kappa shape index (κ2) is 4.30. The van der Waals surface area contributed by atoms with Crippen LogP contribution in [0.2, 0.25) is 0 Å². The first kappa shape index (κ1) is 10.6. The molecular formula is C11H14N4O. The average Bonchev–Trinajstić information content (AvgIpc) is 2.75. The first-order valence-electron chi connectivity index (χ1n) is 5.26. The quantitative estimate of drug-likeness (QED) is 0.854. The predicted octanol–water partition coefficient (Wildman–Crippen LogP) is 2.23. The molecule has 0 radical (unpaired) electrons. The maximum absolute atomic E-state index is 5.38. The normalized spacial score (nSPS) is 12.6. The Morgan fingerprint density at radius 1 is 1.44 bits per heavy atom. The second-order valence-corrected chi connectivity index (χ2v) is 3.74. The van der Waals surface area contributed by atoms with Crippen molar-refractivity contribution in [3.05, 3.63) is 24.0 Å². The molecule has 0 saturated heterocycles. The van der Waals surface area contributed by atoms with Gasteiger partial charge in [-0.1, -0.05) is 13.8 Å². The van der Waals surface area contributed by atoms with Crippen LogP contribution in [0.15, 0.2) is 22.9 Å². The molecule has 2 aromatic heterocycles. The topological polar surface area (TPSA) is 77.8 Å². The SMILES string of the molecule is CCC(C)c1ccc(-c2nc(N)no2)cn1. The van der Waals surface area contributed by atoms with Crippen LogP contribution in [0.4, 0.5) is 5.95 Å². The summed E-state index contributed by atoms with van der Waals surface area (Å²) >= 11 is 0. The number of nitrogens with two attached hydrogens (primary N) is 1. The first-order chi connectivity index (χ1) is 7.70. The van der Waals surface area contributed by atoms with Gasteiger partial charge in [0.05, 0.1) is 5.56 Å². The molecule has 0 aliphatic heterocycles. The van der Waals surface area contributed by atoms with Crippen LogP contribution in [0.1, 0.15) is 31.9 Å². The second-order valence-electron chi connectivity index (χ2n) is 3.74. The van der Waals surface area contributed by atoms with Crippen molar-refractivity contribution in [3.63, 3.8) is 0 Å². The smallest absolute Gasteiger partial charge is 0.261 e. The van der Waals surface area contributed by atoms with Crippen LogP contribution in [0, 0.1) is 0 Å². The third kappa shape index (κ3) is 2.03. The summed E-state index contributed by atoms with van der Waals surface area (Å²) in [7, 11) is 0. The van der Waals surface area contributed by atoms with Crippen molar-refractivity contribution in [1.82, 2.24) is 15.1 Å². The van der Waals surface area contributed by atoms with Gasteiger partial charge in [0.1, 0.15) is 0 Å². The number of hydrogen-bond acceptors (Lipinski definition) is 5. The van der Waals surface area contributed by atoms with Crippen molar-refractivity contribution >= 4 is 5.95 Å². The van der Waals surface area contributed by atoms with E-state index in [2.05, 4.69) is 29.0 Å². The van der Waals surface area contributed by atoms with Gasteiger partial charge < -0.3 is 10.3 Å². The Balaban J connectivity index is 2.25. The van der Waals surface area contributed by atoms with Crippen molar-refractivity contribution in [2.45, 2.75) is 26.2 Å². The lowest BCUT2D eigenvalue weighted by molar-refractivity contribution is 0.433. The van der Waals surface area contributed by atoms with Crippen LogP contribution in [-0.4, -0.2) is 15.1 Å². The molecule has 5 nitrogen and oxygen atoms in total. The van der Waals surface area contributed by atoms with Crippen LogP contribution in [0.5, 0.6) is 0 Å². The molecule has 0 amide bonds. The zero-order chi connectivity index (χ0) is 11.5. The van der Waals surface area contributed by atoms with Crippen LogP contribution >= 0.6 is 0 Å². The number of rotatable bonds is 3. The molecule has 0 aliphatic carbocycles. The minimum Gasteiger partial charge on any atom is -0.365 e. The molecule has 0 fully saturated rings. The van der Waals surface area contributed by atoms with Gasteiger partial charge in [0.2, 0.25) is 0 Å². The predicted molar refractivity (Wildman–Crippen MR) is 60.6 cm³/mol. The van der Waals surface area contributed by atoms with Crippen LogP contribution < -0.4 is 5.73 Å². The summed E-state index contributed by atoms with van der Waals surface area (Å²) in [6.07, 6.45) is 2.80. The van der Waals surface area contributed by atoms with Gasteiger partial charge in [-0.15, -0.1) is 0 Å². The van der Waals surface area contributed by atoms with Crippen molar-refractivity contribution in [2.75, 3.05) is 5.73 Å². The van der Waals surface area contributed by atoms with Gasteiger partial charge >= 0.3 is 0 Å². The van der Waals surface area contributed by atoms with Gasteiger partial charge in [0.15, 0.2) is 0 Å². The van der Waals surface area contributed by atoms with E-state index in [1.54, 1.807) is 6.20 Å². The number of hydrogen-bond donors (Lipinski definition) is 1. The van der Waals surface area contributed by atoms with E-state index in [1.807, 2.05) is 12.1 Å². The average molecular weight is 218 g/mol. The van der Waals surface area contributed by atoms with Crippen molar-refractivity contribution < 1.29 is 4.52 Å². The third-order valence-electron chi connectivity index (χ3n) is 2.59. The molecule has 0 aromatic carbocycles. The van der Waals surface area contributed by atoms with E-state index in [0.717, 1.165) is 17.7 Å². The zero-order valence-electron chi connectivity index (χ0n) is 9.34. The van der Waals surface area contributed by atoms with E-state index < -0.39 is 0 Å². The minimum atomic E-state index is 0.140. The molecule has 0 saturated carbocycles. The van der Waals surface area contributed by atoms with Gasteiger partial charge in [-0.3, -0.25) is 4.98 Å². The lowest BCUT2D eigenvalue weighted by atomic mass is 10.0. The van der Waals surface area contributed by atoms with E-state index in [9.17, 15) is 0 Å². The summed E-state index contributed by atoms with van der Waals surface area (Å²) in [5.74, 6) is 1.00. The fourth-order valence-electron chi connectivity index (χ4n) is 1.38. The minimum absolute atomic E-state index is 0.140. The van der Waals surface area contributed by atoms with Gasteiger partial charge in [0, 0.05) is 11.9 Å². The van der Waals surface area contributed by atoms with Gasteiger partial charge in [-0.2, -0.15) is 4.98 Å². The number of aromatic nitrogens is 3. The summed E-state index contributed by atoms with van der Waals surface area (Å²) in [6.45, 7) is 4.28. The summed E-state index contributed by atoms with van der Waals surface area (Å²) in [5.41, 5.74) is 7.24. The van der Waals surface area contributed by atoms with Gasteiger partial charge in [-0.05, 0) is 29.6 Å². The monoisotopic (exact) mass is 218 g/mol. The Hall–Kier alpha value is -1.91. The molecule has 2 rings (SSSR count). The Morgan fingerprint density at radius 2 is 2.25 bits per heavy atom. The highest BCUT2D eigenvalue weighted by Crippen LogP contribution is 2.20. The third-order valence-corrected chi connectivity index (χ3v) is 2.59. The largest absolute Gasteiger partial charge is 0.365 e. The lowest BCUT2D eigenvalue weighted by Gasteiger charge is -2.06. The molecule has 0 bridgehead atoms. The van der Waals surface area contributed by atoms with Crippen LogP contribution in [0.25, 0.3) is 11.5 Å². The summed E-state index contributed by atoms with van der Waals surface area (Å²) in [4.78, 5) is 8.30. The number of pyridine rings is 1. The van der Waals surface area contributed by atoms with Crippen LogP contribution in [-0.2, 0) is 0 Å². The molecule has 2 heterocycles. The fourth-order valence-corrected chi connectivity index (χ4v) is 1.38. The highest BCUT2D eigenvalue weighted by molar-refractivity contribution is 5.52. The molecule has 2 aromatic rings. The highest BCUT2D eigenvalue weighted by atomic mass is 16.5. The van der Waals surface area contributed by atoms with Crippen molar-refractivity contribution in [1.29, 1.82) is 0 Å². The molecule has 0 spiro atoms. The molecule has 5 heteroatoms. The highest BCUT2D eigenvalue weighted by Gasteiger charge is 2.09. The Labute approximate surface area is 93.7 Å². The maximum Gasteiger partial charge on any atom is 0.261 e. The van der Waals surface area contributed by atoms with E-state index in [-0.39, 0.29) is 5.95 Å². The fraction of sp³-hybridized carbons (Fsp3) is 0.364. The van der Waals surface area contributed by atoms with Crippen molar-refractivity contribution in [3.8, 4) is 11.5 Å². The van der Waals surface area contributed by atoms with Crippen LogP contribution in [0.3, 0.4) is 0 Å². The summed E-state index contributed by atoms with van der Waals surface area (Å²) in [5, 5.41) is 3.53. The number of nitrogens with zero attached hydrogens (tertiary/aromatic N) is 3. The van der Waals surface area contributed by atoms with E-state index in [4.69, 9.17) is 10.3 Å². The molecule has 16 heavy (non-hydrogen) atoms. The molecular weight excluding hydrogens is 204 g/mol. The zero-order valence-corrected chi connectivity index (χ0v) is 9.34. The lowest BCUT2D eigenvalue weighted by Crippen LogP contribution is -1.95. The van der Waals surface area contributed by atoms with E-state index in [1.165, 1.54) is 0 Å². The standard InChI is InChI=1S/C11H14N4O/c1-3-7(2)9-5-4-8(6-13-9)10-14-11(12)15-16-10/h4-7H,3H2,1-2H3,(H2,12,15). The van der Waals surface area contributed by atoms with Gasteiger partial charge in [-0.25, -0.2) is 0 Å². The number of nitrogen functional groups attached to an aromatic ring is 1. The Morgan fingerprint density at radius 3 is 2.75 bits per heavy atom. The molecule has 84 valence electrons. The molecule has 0 aliphatic rings. The molecule has 2 N–H and O–H groups in total. The Bertz CT molecular complexity index is 463. The van der Waals surface area contributed by atoms with E-state index in [0.29, 0.717) is 11.8 Å². The molecule has 1 unspecified atom stereocenters. The Kier molecular flexibility index (Phi) is 2.85. The molecule has 1 atom stereocenters. The summed E-state index contributed by atoms with van der Waals surface area (Å²) in [6, 6.07) is 3.89. The van der Waals surface area contributed by atoms with Gasteiger partial charge in [0.25, 0.3) is 11.8 Å². The van der Waals surface area contributed by atoms with Crippen molar-refractivity contribution in [2.24, 2.45) is 0 Å².